The van der Waals surface area contributed by atoms with E-state index in [1.807, 2.05) is 18.2 Å². The van der Waals surface area contributed by atoms with Gasteiger partial charge in [-0.15, -0.1) is 11.3 Å². The van der Waals surface area contributed by atoms with Gasteiger partial charge in [-0.1, -0.05) is 0 Å². The SMILES string of the molecule is Fc1ccc(-n2ncnc2-c2cc3c(s2)-c2nc(N4CCOCC4)ccc2OCC3)c(F)c1. The Morgan fingerprint density at radius 3 is 2.73 bits per heavy atom. The van der Waals surface area contributed by atoms with Gasteiger partial charge in [-0.2, -0.15) is 5.10 Å². The summed E-state index contributed by atoms with van der Waals surface area (Å²) >= 11 is 1.52. The lowest BCUT2D eigenvalue weighted by atomic mass is 10.1. The van der Waals surface area contributed by atoms with Crippen LogP contribution < -0.4 is 9.64 Å². The predicted molar refractivity (Wildman–Crippen MR) is 120 cm³/mol. The minimum atomic E-state index is -0.699. The van der Waals surface area contributed by atoms with Gasteiger partial charge in [0.05, 0.1) is 29.6 Å². The van der Waals surface area contributed by atoms with Gasteiger partial charge in [-0.25, -0.2) is 23.4 Å². The third-order valence-electron chi connectivity index (χ3n) is 5.74. The zero-order valence-corrected chi connectivity index (χ0v) is 18.3. The van der Waals surface area contributed by atoms with E-state index in [4.69, 9.17) is 14.5 Å². The highest BCUT2D eigenvalue weighted by molar-refractivity contribution is 7.19. The first-order valence-electron chi connectivity index (χ1n) is 10.6. The molecule has 2 aliphatic rings. The molecule has 0 bridgehead atoms. The summed E-state index contributed by atoms with van der Waals surface area (Å²) in [5.41, 5.74) is 2.03. The molecule has 168 valence electrons. The molecule has 10 heteroatoms. The zero-order chi connectivity index (χ0) is 22.4. The number of halogens is 2. The van der Waals surface area contributed by atoms with Crippen molar-refractivity contribution in [3.8, 4) is 32.7 Å². The highest BCUT2D eigenvalue weighted by atomic mass is 32.1. The average molecular weight is 468 g/mol. The Kier molecular flexibility index (Phi) is 5.03. The quantitative estimate of drug-likeness (QED) is 0.452. The molecule has 0 unspecified atom stereocenters. The van der Waals surface area contributed by atoms with Gasteiger partial charge in [0, 0.05) is 25.6 Å². The average Bonchev–Trinajstić information content (AvgIpc) is 3.44. The molecule has 2 aliphatic heterocycles. The summed E-state index contributed by atoms with van der Waals surface area (Å²) in [5.74, 6) is 0.783. The van der Waals surface area contributed by atoms with Crippen molar-refractivity contribution in [2.75, 3.05) is 37.8 Å². The van der Waals surface area contributed by atoms with Crippen molar-refractivity contribution in [3.05, 3.63) is 59.9 Å². The first-order chi connectivity index (χ1) is 16.2. The number of nitrogens with zero attached hydrogens (tertiary/aromatic N) is 5. The summed E-state index contributed by atoms with van der Waals surface area (Å²) in [6.07, 6.45) is 2.09. The van der Waals surface area contributed by atoms with Gasteiger partial charge < -0.3 is 14.4 Å². The Morgan fingerprint density at radius 1 is 1.00 bits per heavy atom. The second-order valence-corrected chi connectivity index (χ2v) is 8.82. The van der Waals surface area contributed by atoms with E-state index in [-0.39, 0.29) is 5.69 Å². The Labute approximate surface area is 192 Å². The third-order valence-corrected chi connectivity index (χ3v) is 6.92. The Morgan fingerprint density at radius 2 is 1.88 bits per heavy atom. The van der Waals surface area contributed by atoms with Crippen LogP contribution >= 0.6 is 11.3 Å². The van der Waals surface area contributed by atoms with E-state index in [2.05, 4.69) is 15.0 Å². The van der Waals surface area contributed by atoms with E-state index >= 15 is 0 Å². The van der Waals surface area contributed by atoms with Gasteiger partial charge in [-0.3, -0.25) is 0 Å². The first-order valence-corrected chi connectivity index (χ1v) is 11.4. The number of pyridine rings is 1. The van der Waals surface area contributed by atoms with Crippen molar-refractivity contribution in [2.45, 2.75) is 6.42 Å². The number of thiophene rings is 1. The first kappa shape index (κ1) is 20.3. The van der Waals surface area contributed by atoms with Crippen molar-refractivity contribution in [3.63, 3.8) is 0 Å². The minimum absolute atomic E-state index is 0.143. The van der Waals surface area contributed by atoms with Crippen molar-refractivity contribution in [2.24, 2.45) is 0 Å². The van der Waals surface area contributed by atoms with Gasteiger partial charge >= 0.3 is 0 Å². The minimum Gasteiger partial charge on any atom is -0.491 e. The lowest BCUT2D eigenvalue weighted by molar-refractivity contribution is 0.122. The Hall–Kier alpha value is -3.37. The molecule has 4 aromatic rings. The van der Waals surface area contributed by atoms with Gasteiger partial charge in [-0.05, 0) is 35.9 Å². The number of morpholine rings is 1. The standard InChI is InChI=1S/C23H19F2N5O2S/c24-15-1-2-17(16(25)12-15)30-23(26-13-27-30)19-11-14-5-8-32-18-3-4-20(28-21(18)22(14)33-19)29-6-9-31-10-7-29/h1-4,11-13H,5-10H2. The molecule has 7 nitrogen and oxygen atoms in total. The van der Waals surface area contributed by atoms with Crippen LogP contribution in [0.5, 0.6) is 5.75 Å². The molecule has 0 amide bonds. The molecule has 1 aromatic carbocycles. The summed E-state index contributed by atoms with van der Waals surface area (Å²) in [6, 6.07) is 9.40. The van der Waals surface area contributed by atoms with Gasteiger partial charge in [0.2, 0.25) is 0 Å². The van der Waals surface area contributed by atoms with Crippen LogP contribution in [-0.4, -0.2) is 52.7 Å². The molecule has 0 aliphatic carbocycles. The molecule has 6 rings (SSSR count). The van der Waals surface area contributed by atoms with Gasteiger partial charge in [0.25, 0.3) is 0 Å². The molecule has 0 spiro atoms. The lowest BCUT2D eigenvalue weighted by Crippen LogP contribution is -2.36. The monoisotopic (exact) mass is 467 g/mol. The number of anilines is 1. The van der Waals surface area contributed by atoms with Crippen LogP contribution in [-0.2, 0) is 11.2 Å². The largest absolute Gasteiger partial charge is 0.491 e. The molecule has 1 fully saturated rings. The molecule has 0 saturated carbocycles. The molecule has 1 saturated heterocycles. The third kappa shape index (κ3) is 3.65. The Bertz CT molecular complexity index is 1330. The number of rotatable bonds is 3. The number of hydrogen-bond acceptors (Lipinski definition) is 7. The van der Waals surface area contributed by atoms with Crippen LogP contribution in [0.25, 0.3) is 27.0 Å². The van der Waals surface area contributed by atoms with E-state index in [1.165, 1.54) is 34.5 Å². The van der Waals surface area contributed by atoms with Crippen LogP contribution in [0.15, 0.2) is 42.7 Å². The number of fused-ring (bicyclic) bond motifs is 3. The van der Waals surface area contributed by atoms with Gasteiger partial charge in [0.15, 0.2) is 11.6 Å². The van der Waals surface area contributed by atoms with E-state index in [9.17, 15) is 8.78 Å². The maximum absolute atomic E-state index is 14.4. The summed E-state index contributed by atoms with van der Waals surface area (Å²) in [6.45, 7) is 3.48. The van der Waals surface area contributed by atoms with Crippen LogP contribution in [0.3, 0.4) is 0 Å². The topological polar surface area (TPSA) is 65.3 Å². The molecule has 0 atom stereocenters. The number of benzene rings is 1. The lowest BCUT2D eigenvalue weighted by Gasteiger charge is -2.28. The second-order valence-electron chi connectivity index (χ2n) is 7.77. The Balaban J connectivity index is 1.43. The molecular formula is C23H19F2N5O2S. The molecular weight excluding hydrogens is 448 g/mol. The van der Waals surface area contributed by atoms with E-state index in [0.29, 0.717) is 32.1 Å². The predicted octanol–water partition coefficient (Wildman–Crippen LogP) is 4.11. The highest BCUT2D eigenvalue weighted by Crippen LogP contribution is 2.43. The van der Waals surface area contributed by atoms with E-state index in [1.54, 1.807) is 0 Å². The summed E-state index contributed by atoms with van der Waals surface area (Å²) < 4.78 is 40.7. The summed E-state index contributed by atoms with van der Waals surface area (Å²) in [5, 5.41) is 4.19. The van der Waals surface area contributed by atoms with E-state index < -0.39 is 11.6 Å². The smallest absolute Gasteiger partial charge is 0.173 e. The maximum atomic E-state index is 14.4. The fourth-order valence-corrected chi connectivity index (χ4v) is 5.31. The van der Waals surface area contributed by atoms with Crippen molar-refractivity contribution >= 4 is 17.2 Å². The zero-order valence-electron chi connectivity index (χ0n) is 17.5. The molecule has 3 aromatic heterocycles. The summed E-state index contributed by atoms with van der Waals surface area (Å²) in [7, 11) is 0. The van der Waals surface area contributed by atoms with Crippen molar-refractivity contribution in [1.82, 2.24) is 19.7 Å². The van der Waals surface area contributed by atoms with Crippen LogP contribution in [0, 0.1) is 11.6 Å². The van der Waals surface area contributed by atoms with Crippen molar-refractivity contribution in [1.29, 1.82) is 0 Å². The van der Waals surface area contributed by atoms with Crippen LogP contribution in [0.1, 0.15) is 5.56 Å². The maximum Gasteiger partial charge on any atom is 0.173 e. The fraction of sp³-hybridized carbons (Fsp3) is 0.261. The summed E-state index contributed by atoms with van der Waals surface area (Å²) in [4.78, 5) is 13.4. The van der Waals surface area contributed by atoms with Crippen molar-refractivity contribution < 1.29 is 18.3 Å². The molecule has 33 heavy (non-hydrogen) atoms. The highest BCUT2D eigenvalue weighted by Gasteiger charge is 2.25. The van der Waals surface area contributed by atoms with Crippen LogP contribution in [0.4, 0.5) is 14.6 Å². The number of hydrogen-bond donors (Lipinski definition) is 0. The van der Waals surface area contributed by atoms with Crippen LogP contribution in [0.2, 0.25) is 0 Å². The van der Waals surface area contributed by atoms with Gasteiger partial charge in [0.1, 0.15) is 35.1 Å². The fourth-order valence-electron chi connectivity index (χ4n) is 4.12. The number of ether oxygens (including phenoxy) is 2. The second kappa shape index (κ2) is 8.20. The van der Waals surface area contributed by atoms with E-state index in [0.717, 1.165) is 51.7 Å². The molecule has 0 radical (unpaired) electrons. The molecule has 0 N–H and O–H groups in total. The normalized spacial score (nSPS) is 15.5. The number of aromatic nitrogens is 4. The molecule has 5 heterocycles.